The van der Waals surface area contributed by atoms with Crippen LogP contribution in [0, 0.1) is 0 Å². The summed E-state index contributed by atoms with van der Waals surface area (Å²) < 4.78 is 5.25. The van der Waals surface area contributed by atoms with Crippen LogP contribution in [0.1, 0.15) is 12.8 Å². The molecule has 2 rings (SSSR count). The SMILES string of the molecule is ClC1CC2OC2CC1Cl. The smallest absolute Gasteiger partial charge is 0.0857 e. The minimum absolute atomic E-state index is 0.135. The lowest BCUT2D eigenvalue weighted by Crippen LogP contribution is -2.24. The Bertz CT molecular complexity index is 114. The molecule has 1 heterocycles. The van der Waals surface area contributed by atoms with Gasteiger partial charge in [-0.3, -0.25) is 0 Å². The molecule has 4 unspecified atom stereocenters. The van der Waals surface area contributed by atoms with Crippen molar-refractivity contribution in [3.05, 3.63) is 0 Å². The van der Waals surface area contributed by atoms with Crippen LogP contribution in [0.4, 0.5) is 0 Å². The van der Waals surface area contributed by atoms with E-state index in [0.29, 0.717) is 12.2 Å². The van der Waals surface area contributed by atoms with Crippen molar-refractivity contribution in [2.45, 2.75) is 35.8 Å². The average Bonchev–Trinajstić information content (AvgIpc) is 2.46. The quantitative estimate of drug-likeness (QED) is 0.395. The molecule has 1 nitrogen and oxygen atoms in total. The zero-order valence-corrected chi connectivity index (χ0v) is 6.40. The van der Waals surface area contributed by atoms with Gasteiger partial charge in [0.1, 0.15) is 0 Å². The molecular weight excluding hydrogens is 159 g/mol. The fourth-order valence-corrected chi connectivity index (χ4v) is 1.89. The van der Waals surface area contributed by atoms with Crippen LogP contribution in [-0.2, 0) is 4.74 Å². The number of hydrogen-bond donors (Lipinski definition) is 0. The van der Waals surface area contributed by atoms with Crippen molar-refractivity contribution < 1.29 is 4.74 Å². The van der Waals surface area contributed by atoms with E-state index in [1.54, 1.807) is 0 Å². The van der Waals surface area contributed by atoms with Gasteiger partial charge in [0.2, 0.25) is 0 Å². The average molecular weight is 167 g/mol. The van der Waals surface area contributed by atoms with Crippen molar-refractivity contribution in [1.29, 1.82) is 0 Å². The highest BCUT2D eigenvalue weighted by atomic mass is 35.5. The molecule has 1 aliphatic carbocycles. The summed E-state index contributed by atoms with van der Waals surface area (Å²) in [5.41, 5.74) is 0. The van der Waals surface area contributed by atoms with Crippen molar-refractivity contribution >= 4 is 23.2 Å². The van der Waals surface area contributed by atoms with Gasteiger partial charge in [-0.25, -0.2) is 0 Å². The normalized spacial score (nSPS) is 56.7. The summed E-state index contributed by atoms with van der Waals surface area (Å²) in [5.74, 6) is 0. The molecule has 0 radical (unpaired) electrons. The summed E-state index contributed by atoms with van der Waals surface area (Å²) in [6, 6.07) is 0. The standard InChI is InChI=1S/C6H8Cl2O/c7-3-1-5-6(9-5)2-4(3)8/h3-6H,1-2H2. The lowest BCUT2D eigenvalue weighted by Gasteiger charge is -2.17. The number of rotatable bonds is 0. The maximum atomic E-state index is 5.88. The van der Waals surface area contributed by atoms with Crippen LogP contribution in [0.3, 0.4) is 0 Å². The monoisotopic (exact) mass is 166 g/mol. The van der Waals surface area contributed by atoms with E-state index in [9.17, 15) is 0 Å². The Kier molecular flexibility index (Phi) is 1.40. The third-order valence-corrected chi connectivity index (χ3v) is 3.09. The number of alkyl halides is 2. The summed E-state index contributed by atoms with van der Waals surface area (Å²) in [5, 5.41) is 0.269. The van der Waals surface area contributed by atoms with E-state index in [4.69, 9.17) is 27.9 Å². The number of fused-ring (bicyclic) bond motifs is 1. The summed E-state index contributed by atoms with van der Waals surface area (Å²) in [4.78, 5) is 0. The van der Waals surface area contributed by atoms with Crippen LogP contribution in [-0.4, -0.2) is 23.0 Å². The number of halogens is 2. The predicted octanol–water partition coefficient (Wildman–Crippen LogP) is 1.76. The van der Waals surface area contributed by atoms with Gasteiger partial charge in [-0.15, -0.1) is 23.2 Å². The molecule has 0 amide bonds. The van der Waals surface area contributed by atoms with E-state index in [-0.39, 0.29) is 10.8 Å². The first-order valence-electron chi connectivity index (χ1n) is 3.21. The second-order valence-corrected chi connectivity index (χ2v) is 3.84. The zero-order valence-electron chi connectivity index (χ0n) is 4.89. The largest absolute Gasteiger partial charge is 0.369 e. The second-order valence-electron chi connectivity index (χ2n) is 2.72. The first-order chi connectivity index (χ1) is 4.27. The fourth-order valence-electron chi connectivity index (χ4n) is 1.33. The van der Waals surface area contributed by atoms with Gasteiger partial charge in [0.05, 0.1) is 23.0 Å². The maximum Gasteiger partial charge on any atom is 0.0857 e. The van der Waals surface area contributed by atoms with E-state index < -0.39 is 0 Å². The van der Waals surface area contributed by atoms with Gasteiger partial charge in [0.15, 0.2) is 0 Å². The van der Waals surface area contributed by atoms with Crippen LogP contribution in [0.5, 0.6) is 0 Å². The van der Waals surface area contributed by atoms with Crippen LogP contribution >= 0.6 is 23.2 Å². The Balaban J connectivity index is 1.98. The molecule has 1 saturated carbocycles. The van der Waals surface area contributed by atoms with Crippen LogP contribution in [0.25, 0.3) is 0 Å². The number of hydrogen-bond acceptors (Lipinski definition) is 1. The Labute approximate surface area is 64.3 Å². The topological polar surface area (TPSA) is 12.5 Å². The fraction of sp³-hybridized carbons (Fsp3) is 1.00. The van der Waals surface area contributed by atoms with Crippen LogP contribution < -0.4 is 0 Å². The Hall–Kier alpha value is 0.540. The molecule has 1 aliphatic heterocycles. The first-order valence-corrected chi connectivity index (χ1v) is 4.08. The molecule has 0 spiro atoms. The highest BCUT2D eigenvalue weighted by Gasteiger charge is 2.47. The molecule has 4 atom stereocenters. The van der Waals surface area contributed by atoms with Gasteiger partial charge in [-0.1, -0.05) is 0 Å². The lowest BCUT2D eigenvalue weighted by molar-refractivity contribution is 0.373. The van der Waals surface area contributed by atoms with Gasteiger partial charge >= 0.3 is 0 Å². The highest BCUT2D eigenvalue weighted by Crippen LogP contribution is 2.40. The molecule has 3 heteroatoms. The van der Waals surface area contributed by atoms with Crippen LogP contribution in [0.2, 0.25) is 0 Å². The molecule has 1 saturated heterocycles. The Morgan fingerprint density at radius 1 is 1.00 bits per heavy atom. The highest BCUT2D eigenvalue weighted by molar-refractivity contribution is 6.30. The second kappa shape index (κ2) is 2.01. The minimum atomic E-state index is 0.135. The van der Waals surface area contributed by atoms with E-state index in [1.165, 1.54) is 0 Å². The van der Waals surface area contributed by atoms with Crippen molar-refractivity contribution in [2.75, 3.05) is 0 Å². The van der Waals surface area contributed by atoms with E-state index in [0.717, 1.165) is 12.8 Å². The summed E-state index contributed by atoms with van der Waals surface area (Å²) >= 11 is 11.8. The molecule has 0 N–H and O–H groups in total. The molecule has 0 bridgehead atoms. The summed E-state index contributed by atoms with van der Waals surface area (Å²) in [7, 11) is 0. The number of ether oxygens (including phenoxy) is 1. The third-order valence-electron chi connectivity index (χ3n) is 2.00. The molecule has 2 aliphatic rings. The van der Waals surface area contributed by atoms with Gasteiger partial charge in [-0.05, 0) is 12.8 Å². The first kappa shape index (κ1) is 6.26. The van der Waals surface area contributed by atoms with E-state index in [1.807, 2.05) is 0 Å². The van der Waals surface area contributed by atoms with Crippen molar-refractivity contribution in [2.24, 2.45) is 0 Å². The number of epoxide rings is 1. The van der Waals surface area contributed by atoms with Gasteiger partial charge in [0.25, 0.3) is 0 Å². The molecule has 0 aromatic rings. The molecule has 2 fully saturated rings. The summed E-state index contributed by atoms with van der Waals surface area (Å²) in [6.07, 6.45) is 2.78. The van der Waals surface area contributed by atoms with Crippen molar-refractivity contribution in [3.63, 3.8) is 0 Å². The Morgan fingerprint density at radius 3 is 1.89 bits per heavy atom. The molecule has 0 aromatic carbocycles. The molecule has 9 heavy (non-hydrogen) atoms. The maximum absolute atomic E-state index is 5.88. The van der Waals surface area contributed by atoms with Crippen molar-refractivity contribution in [3.8, 4) is 0 Å². The van der Waals surface area contributed by atoms with Gasteiger partial charge in [-0.2, -0.15) is 0 Å². The van der Waals surface area contributed by atoms with Gasteiger partial charge in [0, 0.05) is 0 Å². The Morgan fingerprint density at radius 2 is 1.44 bits per heavy atom. The van der Waals surface area contributed by atoms with Gasteiger partial charge < -0.3 is 4.74 Å². The minimum Gasteiger partial charge on any atom is -0.369 e. The zero-order chi connectivity index (χ0) is 6.43. The molecule has 0 aromatic heterocycles. The molecule has 52 valence electrons. The van der Waals surface area contributed by atoms with Crippen LogP contribution in [0.15, 0.2) is 0 Å². The lowest BCUT2D eigenvalue weighted by atomic mass is 10.00. The molecular formula is C6H8Cl2O. The summed E-state index contributed by atoms with van der Waals surface area (Å²) in [6.45, 7) is 0. The van der Waals surface area contributed by atoms with E-state index >= 15 is 0 Å². The van der Waals surface area contributed by atoms with E-state index in [2.05, 4.69) is 0 Å². The predicted molar refractivity (Wildman–Crippen MR) is 37.2 cm³/mol. The van der Waals surface area contributed by atoms with Crippen molar-refractivity contribution in [1.82, 2.24) is 0 Å². The third kappa shape index (κ3) is 1.06.